The summed E-state index contributed by atoms with van der Waals surface area (Å²) in [5.74, 6) is 0.464. The molecule has 1 aromatic carbocycles. The zero-order valence-electron chi connectivity index (χ0n) is 10.9. The average molecular weight is 267 g/mol. The third kappa shape index (κ3) is 2.21. The molecule has 0 atom stereocenters. The summed E-state index contributed by atoms with van der Waals surface area (Å²) >= 11 is 0. The normalized spacial score (nSPS) is 10.7. The van der Waals surface area contributed by atoms with Gasteiger partial charge in [0.15, 0.2) is 0 Å². The number of nitrogens with two attached hydrogens (primary N) is 1. The Hall–Kier alpha value is -2.82. The van der Waals surface area contributed by atoms with Crippen molar-refractivity contribution in [3.05, 3.63) is 53.9 Å². The van der Waals surface area contributed by atoms with Crippen LogP contribution in [0.4, 0.5) is 0 Å². The molecule has 5 heteroatoms. The van der Waals surface area contributed by atoms with E-state index in [0.29, 0.717) is 17.1 Å². The lowest BCUT2D eigenvalue weighted by molar-refractivity contribution is 0.0998. The quantitative estimate of drug-likeness (QED) is 0.765. The van der Waals surface area contributed by atoms with Crippen LogP contribution >= 0.6 is 0 Å². The van der Waals surface area contributed by atoms with Crippen molar-refractivity contribution in [2.24, 2.45) is 5.73 Å². The molecule has 0 fully saturated rings. The van der Waals surface area contributed by atoms with Crippen LogP contribution in [0.5, 0.6) is 11.5 Å². The molecule has 3 N–H and O–H groups in total. The number of pyridine rings is 1. The minimum atomic E-state index is -0.521. The molecule has 2 aromatic heterocycles. The van der Waals surface area contributed by atoms with E-state index in [-0.39, 0.29) is 0 Å². The van der Waals surface area contributed by atoms with Gasteiger partial charge in [-0.1, -0.05) is 12.1 Å². The number of rotatable bonds is 3. The van der Waals surface area contributed by atoms with E-state index >= 15 is 0 Å². The number of amides is 1. The summed E-state index contributed by atoms with van der Waals surface area (Å²) in [6.45, 7) is 1.96. The third-order valence-electron chi connectivity index (χ3n) is 2.96. The molecule has 1 amide bonds. The fraction of sp³-hybridized carbons (Fsp3) is 0.0667. The molecule has 0 aliphatic carbocycles. The third-order valence-corrected chi connectivity index (χ3v) is 2.96. The van der Waals surface area contributed by atoms with Crippen molar-refractivity contribution in [3.63, 3.8) is 0 Å². The molecule has 0 aliphatic heterocycles. The number of carbonyl (C=O) groups is 1. The Morgan fingerprint density at radius 3 is 2.90 bits per heavy atom. The molecule has 20 heavy (non-hydrogen) atoms. The molecule has 0 spiro atoms. The number of para-hydroxylation sites is 1. The molecule has 0 radical (unpaired) electrons. The van der Waals surface area contributed by atoms with Crippen LogP contribution in [-0.4, -0.2) is 15.9 Å². The van der Waals surface area contributed by atoms with E-state index in [1.165, 1.54) is 0 Å². The van der Waals surface area contributed by atoms with Crippen LogP contribution in [-0.2, 0) is 0 Å². The zero-order valence-corrected chi connectivity index (χ0v) is 10.9. The molecule has 100 valence electrons. The monoisotopic (exact) mass is 267 g/mol. The number of aromatic amines is 1. The summed E-state index contributed by atoms with van der Waals surface area (Å²) in [7, 11) is 0. The van der Waals surface area contributed by atoms with Gasteiger partial charge >= 0.3 is 0 Å². The highest BCUT2D eigenvalue weighted by Gasteiger charge is 2.10. The number of benzene rings is 1. The van der Waals surface area contributed by atoms with Crippen molar-refractivity contribution in [2.75, 3.05) is 0 Å². The van der Waals surface area contributed by atoms with Gasteiger partial charge in [-0.3, -0.25) is 4.79 Å². The second-order valence-corrected chi connectivity index (χ2v) is 4.52. The first-order valence-electron chi connectivity index (χ1n) is 6.15. The number of fused-ring (bicyclic) bond motifs is 1. The summed E-state index contributed by atoms with van der Waals surface area (Å²) in [4.78, 5) is 18.8. The summed E-state index contributed by atoms with van der Waals surface area (Å²) < 4.78 is 5.71. The fourth-order valence-electron chi connectivity index (χ4n) is 2.07. The van der Waals surface area contributed by atoms with E-state index in [0.717, 1.165) is 16.7 Å². The largest absolute Gasteiger partial charge is 0.455 e. The van der Waals surface area contributed by atoms with E-state index in [9.17, 15) is 4.79 Å². The zero-order chi connectivity index (χ0) is 14.1. The van der Waals surface area contributed by atoms with Crippen LogP contribution in [0.25, 0.3) is 11.0 Å². The topological polar surface area (TPSA) is 81.0 Å². The molecule has 3 aromatic rings. The number of carbonyl (C=O) groups excluding carboxylic acids is 1. The number of primary amides is 1. The first-order valence-corrected chi connectivity index (χ1v) is 6.15. The number of H-pyrrole nitrogens is 1. The van der Waals surface area contributed by atoms with Gasteiger partial charge in [0.2, 0.25) is 0 Å². The first-order chi connectivity index (χ1) is 9.63. The maximum Gasteiger partial charge on any atom is 0.252 e. The first kappa shape index (κ1) is 12.2. The lowest BCUT2D eigenvalue weighted by atomic mass is 10.2. The molecule has 2 heterocycles. The van der Waals surface area contributed by atoms with Crippen LogP contribution in [0.1, 0.15) is 16.1 Å². The molecule has 5 nitrogen and oxygen atoms in total. The Labute approximate surface area is 115 Å². The minimum Gasteiger partial charge on any atom is -0.455 e. The maximum absolute atomic E-state index is 11.3. The second kappa shape index (κ2) is 4.70. The van der Waals surface area contributed by atoms with Gasteiger partial charge in [0.05, 0.1) is 11.8 Å². The Bertz CT molecular complexity index is 793. The second-order valence-electron chi connectivity index (χ2n) is 4.52. The Balaban J connectivity index is 1.98. The van der Waals surface area contributed by atoms with Crippen molar-refractivity contribution in [2.45, 2.75) is 6.92 Å². The summed E-state index contributed by atoms with van der Waals surface area (Å²) in [5.41, 5.74) is 7.50. The van der Waals surface area contributed by atoms with Gasteiger partial charge in [0, 0.05) is 11.1 Å². The van der Waals surface area contributed by atoms with Crippen molar-refractivity contribution < 1.29 is 9.53 Å². The Kier molecular flexibility index (Phi) is 2.87. The lowest BCUT2D eigenvalue weighted by Gasteiger charge is -2.08. The number of hydrogen-bond acceptors (Lipinski definition) is 3. The highest BCUT2D eigenvalue weighted by atomic mass is 16.5. The summed E-state index contributed by atoms with van der Waals surface area (Å²) in [6.07, 6.45) is 1.61. The Morgan fingerprint density at radius 1 is 1.30 bits per heavy atom. The van der Waals surface area contributed by atoms with Crippen molar-refractivity contribution in [3.8, 4) is 11.5 Å². The van der Waals surface area contributed by atoms with Crippen molar-refractivity contribution in [1.82, 2.24) is 9.97 Å². The summed E-state index contributed by atoms with van der Waals surface area (Å²) in [6, 6.07) is 10.7. The maximum atomic E-state index is 11.3. The predicted octanol–water partition coefficient (Wildman–Crippen LogP) is 2.76. The molecule has 0 saturated carbocycles. The summed E-state index contributed by atoms with van der Waals surface area (Å²) in [5, 5.41) is 0.955. The smallest absolute Gasteiger partial charge is 0.252 e. The number of aryl methyl sites for hydroxylation is 1. The van der Waals surface area contributed by atoms with Gasteiger partial charge in [-0.05, 0) is 31.2 Å². The number of nitrogens with one attached hydrogen (secondary N) is 1. The van der Waals surface area contributed by atoms with E-state index in [1.807, 2.05) is 19.1 Å². The van der Waals surface area contributed by atoms with Crippen LogP contribution in [0.3, 0.4) is 0 Å². The highest BCUT2D eigenvalue weighted by Crippen LogP contribution is 2.26. The number of aromatic nitrogens is 2. The predicted molar refractivity (Wildman–Crippen MR) is 75.9 cm³/mol. The van der Waals surface area contributed by atoms with Gasteiger partial charge in [-0.25, -0.2) is 4.98 Å². The lowest BCUT2D eigenvalue weighted by Crippen LogP contribution is -2.11. The standard InChI is InChI=1S/C15H13N3O2/c1-9-6-10-7-11(8-17-15(10)18-9)20-13-5-3-2-4-12(13)14(16)19/h2-8H,1H3,(H2,16,19)(H,17,18). The van der Waals surface area contributed by atoms with Crippen molar-refractivity contribution in [1.29, 1.82) is 0 Å². The molecule has 3 rings (SSSR count). The molecular formula is C15H13N3O2. The molecule has 0 saturated heterocycles. The van der Waals surface area contributed by atoms with Crippen LogP contribution in [0.2, 0.25) is 0 Å². The van der Waals surface area contributed by atoms with Crippen LogP contribution in [0.15, 0.2) is 42.6 Å². The molecular weight excluding hydrogens is 254 g/mol. The number of hydrogen-bond donors (Lipinski definition) is 2. The number of ether oxygens (including phenoxy) is 1. The Morgan fingerprint density at radius 2 is 2.10 bits per heavy atom. The fourth-order valence-corrected chi connectivity index (χ4v) is 2.07. The molecule has 0 unspecified atom stereocenters. The van der Waals surface area contributed by atoms with Crippen LogP contribution in [0, 0.1) is 6.92 Å². The highest BCUT2D eigenvalue weighted by molar-refractivity contribution is 5.95. The van der Waals surface area contributed by atoms with Gasteiger partial charge in [0.1, 0.15) is 17.1 Å². The minimum absolute atomic E-state index is 0.345. The van der Waals surface area contributed by atoms with E-state index in [2.05, 4.69) is 9.97 Å². The van der Waals surface area contributed by atoms with Gasteiger partial charge in [0.25, 0.3) is 5.91 Å². The van der Waals surface area contributed by atoms with E-state index in [4.69, 9.17) is 10.5 Å². The average Bonchev–Trinajstić information content (AvgIpc) is 2.78. The molecule has 0 aliphatic rings. The van der Waals surface area contributed by atoms with Crippen molar-refractivity contribution >= 4 is 16.9 Å². The van der Waals surface area contributed by atoms with Gasteiger partial charge in [-0.15, -0.1) is 0 Å². The van der Waals surface area contributed by atoms with Gasteiger partial charge < -0.3 is 15.5 Å². The molecule has 0 bridgehead atoms. The van der Waals surface area contributed by atoms with Crippen LogP contribution < -0.4 is 10.5 Å². The van der Waals surface area contributed by atoms with Gasteiger partial charge in [-0.2, -0.15) is 0 Å². The SMILES string of the molecule is Cc1cc2cc(Oc3ccccc3C(N)=O)cnc2[nH]1. The van der Waals surface area contributed by atoms with E-state index in [1.54, 1.807) is 30.5 Å². The number of nitrogens with zero attached hydrogens (tertiary/aromatic N) is 1. The van der Waals surface area contributed by atoms with E-state index < -0.39 is 5.91 Å².